The number of hydrogen-bond acceptors (Lipinski definition) is 8. The minimum Gasteiger partial charge on any atom is -0.492 e. The standard InChI is InChI=1S/C27H31ClFN5O4/c1-5-37-22-14-20-16(13-21(22)33-9-11-34(12-10-33)38-26(36)27(2,3)4)24(17(15-31-20)25(30)35)32-19-8-6-7-18(28)23(19)29/h6-8,13-15H,5,9-12H2,1-4H3,(H2,30,35)(H,31,32). The highest BCUT2D eigenvalue weighted by molar-refractivity contribution is 6.31. The predicted octanol–water partition coefficient (Wildman–Crippen LogP) is 4.89. The zero-order valence-electron chi connectivity index (χ0n) is 21.8. The van der Waals surface area contributed by atoms with Crippen LogP contribution in [0.4, 0.5) is 21.5 Å². The molecule has 0 atom stereocenters. The lowest BCUT2D eigenvalue weighted by Gasteiger charge is -2.36. The van der Waals surface area contributed by atoms with Gasteiger partial charge >= 0.3 is 5.97 Å². The van der Waals surface area contributed by atoms with Crippen molar-refractivity contribution in [3.05, 3.63) is 52.9 Å². The van der Waals surface area contributed by atoms with Gasteiger partial charge in [-0.2, -0.15) is 0 Å². The number of carbonyl (C=O) groups excluding carboxylic acids is 2. The number of carbonyl (C=O) groups is 2. The van der Waals surface area contributed by atoms with Crippen molar-refractivity contribution in [2.75, 3.05) is 43.0 Å². The lowest BCUT2D eigenvalue weighted by atomic mass is 9.98. The van der Waals surface area contributed by atoms with Crippen molar-refractivity contribution in [3.63, 3.8) is 0 Å². The fraction of sp³-hybridized carbons (Fsp3) is 0.370. The topological polar surface area (TPSA) is 110 Å². The van der Waals surface area contributed by atoms with E-state index < -0.39 is 17.1 Å². The van der Waals surface area contributed by atoms with Crippen molar-refractivity contribution in [1.82, 2.24) is 10.0 Å². The third-order valence-electron chi connectivity index (χ3n) is 6.13. The first-order valence-corrected chi connectivity index (χ1v) is 12.7. The molecule has 0 saturated carbocycles. The van der Waals surface area contributed by atoms with Crippen LogP contribution < -0.4 is 20.7 Å². The zero-order chi connectivity index (χ0) is 27.6. The van der Waals surface area contributed by atoms with E-state index in [1.165, 1.54) is 18.3 Å². The molecule has 1 aliphatic rings. The Morgan fingerprint density at radius 2 is 1.89 bits per heavy atom. The quantitative estimate of drug-likeness (QED) is 0.433. The number of hydroxylamine groups is 2. The van der Waals surface area contributed by atoms with Crippen molar-refractivity contribution in [1.29, 1.82) is 0 Å². The number of nitrogens with zero attached hydrogens (tertiary/aromatic N) is 3. The number of fused-ring (bicyclic) bond motifs is 1. The highest BCUT2D eigenvalue weighted by Gasteiger charge is 2.29. The van der Waals surface area contributed by atoms with Gasteiger partial charge in [0.15, 0.2) is 5.82 Å². The number of halogens is 2. The molecular weight excluding hydrogens is 513 g/mol. The van der Waals surface area contributed by atoms with E-state index >= 15 is 0 Å². The van der Waals surface area contributed by atoms with Crippen molar-refractivity contribution >= 4 is 51.4 Å². The van der Waals surface area contributed by atoms with Gasteiger partial charge in [0, 0.05) is 30.7 Å². The molecule has 1 saturated heterocycles. The van der Waals surface area contributed by atoms with Crippen LogP contribution in [-0.4, -0.2) is 54.7 Å². The minimum absolute atomic E-state index is 0.0571. The maximum atomic E-state index is 14.8. The second-order valence-corrected chi connectivity index (χ2v) is 10.4. The molecule has 1 amide bonds. The van der Waals surface area contributed by atoms with Gasteiger partial charge in [0.2, 0.25) is 0 Å². The summed E-state index contributed by atoms with van der Waals surface area (Å²) in [6, 6.07) is 8.19. The Labute approximate surface area is 225 Å². The molecule has 11 heteroatoms. The minimum atomic E-state index is -0.714. The summed E-state index contributed by atoms with van der Waals surface area (Å²) in [5.41, 5.74) is 6.85. The van der Waals surface area contributed by atoms with E-state index in [9.17, 15) is 14.0 Å². The number of rotatable bonds is 7. The van der Waals surface area contributed by atoms with Crippen LogP contribution in [0.25, 0.3) is 10.9 Å². The smallest absolute Gasteiger partial charge is 0.330 e. The van der Waals surface area contributed by atoms with Gasteiger partial charge in [-0.15, -0.1) is 5.06 Å². The summed E-state index contributed by atoms with van der Waals surface area (Å²) in [5.74, 6) is -1.05. The van der Waals surface area contributed by atoms with Crippen molar-refractivity contribution in [3.8, 4) is 5.75 Å². The van der Waals surface area contributed by atoms with Crippen LogP contribution in [0.1, 0.15) is 38.1 Å². The van der Waals surface area contributed by atoms with E-state index in [1.54, 1.807) is 17.2 Å². The first-order valence-electron chi connectivity index (χ1n) is 12.3. The molecule has 2 heterocycles. The highest BCUT2D eigenvalue weighted by Crippen LogP contribution is 2.39. The number of primary amides is 1. The number of piperazine rings is 1. The average molecular weight is 544 g/mol. The van der Waals surface area contributed by atoms with E-state index in [2.05, 4.69) is 15.2 Å². The maximum absolute atomic E-state index is 14.8. The Hall–Kier alpha value is -3.63. The normalized spacial score (nSPS) is 14.4. The maximum Gasteiger partial charge on any atom is 0.330 e. The molecule has 4 rings (SSSR count). The lowest BCUT2D eigenvalue weighted by molar-refractivity contribution is -0.201. The van der Waals surface area contributed by atoms with Crippen molar-refractivity contribution < 1.29 is 23.6 Å². The Bertz CT molecular complexity index is 1370. The van der Waals surface area contributed by atoms with Gasteiger partial charge in [-0.3, -0.25) is 9.78 Å². The summed E-state index contributed by atoms with van der Waals surface area (Å²) < 4.78 is 20.7. The molecule has 38 heavy (non-hydrogen) atoms. The van der Waals surface area contributed by atoms with Gasteiger partial charge in [0.25, 0.3) is 5.91 Å². The van der Waals surface area contributed by atoms with Gasteiger partial charge in [-0.05, 0) is 45.9 Å². The molecule has 3 aromatic rings. The Kier molecular flexibility index (Phi) is 7.94. The first kappa shape index (κ1) is 27.4. The Balaban J connectivity index is 1.73. The number of ether oxygens (including phenoxy) is 1. The van der Waals surface area contributed by atoms with E-state index in [1.807, 2.05) is 33.8 Å². The third-order valence-corrected chi connectivity index (χ3v) is 6.42. The Morgan fingerprint density at radius 1 is 1.18 bits per heavy atom. The van der Waals surface area contributed by atoms with Crippen molar-refractivity contribution in [2.45, 2.75) is 27.7 Å². The van der Waals surface area contributed by atoms with Gasteiger partial charge in [0.1, 0.15) is 5.75 Å². The second kappa shape index (κ2) is 11.0. The molecular formula is C27H31ClFN5O4. The molecule has 0 aliphatic carbocycles. The fourth-order valence-corrected chi connectivity index (χ4v) is 4.23. The van der Waals surface area contributed by atoms with Crippen molar-refractivity contribution in [2.24, 2.45) is 11.1 Å². The van der Waals surface area contributed by atoms with Crippen LogP contribution in [0.3, 0.4) is 0 Å². The van der Waals surface area contributed by atoms with Gasteiger partial charge < -0.3 is 25.5 Å². The molecule has 2 aromatic carbocycles. The van der Waals surface area contributed by atoms with E-state index in [-0.39, 0.29) is 22.2 Å². The summed E-state index contributed by atoms with van der Waals surface area (Å²) in [6.45, 7) is 9.83. The molecule has 0 bridgehead atoms. The fourth-order valence-electron chi connectivity index (χ4n) is 4.06. The number of amides is 1. The SMILES string of the molecule is CCOc1cc2ncc(C(N)=O)c(Nc3cccc(Cl)c3F)c2cc1N1CCN(OC(=O)C(C)(C)C)CC1. The van der Waals surface area contributed by atoms with E-state index in [4.69, 9.17) is 26.9 Å². The molecule has 1 aliphatic heterocycles. The van der Waals surface area contributed by atoms with Crippen LogP contribution in [0.5, 0.6) is 5.75 Å². The number of anilines is 3. The molecule has 1 aromatic heterocycles. The summed E-state index contributed by atoms with van der Waals surface area (Å²) in [7, 11) is 0. The van der Waals surface area contributed by atoms with Gasteiger partial charge in [-0.25, -0.2) is 9.18 Å². The summed E-state index contributed by atoms with van der Waals surface area (Å²) in [6.07, 6.45) is 1.35. The number of nitrogens with one attached hydrogen (secondary N) is 1. The molecule has 0 unspecified atom stereocenters. The van der Waals surface area contributed by atoms with E-state index in [0.717, 1.165) is 5.69 Å². The predicted molar refractivity (Wildman–Crippen MR) is 145 cm³/mol. The van der Waals surface area contributed by atoms with Crippen LogP contribution in [0.2, 0.25) is 5.02 Å². The number of nitrogens with two attached hydrogens (primary N) is 1. The molecule has 1 fully saturated rings. The summed E-state index contributed by atoms with van der Waals surface area (Å²) >= 11 is 5.97. The third kappa shape index (κ3) is 5.76. The Morgan fingerprint density at radius 3 is 2.53 bits per heavy atom. The molecule has 0 radical (unpaired) electrons. The van der Waals surface area contributed by atoms with Crippen LogP contribution in [0.15, 0.2) is 36.5 Å². The zero-order valence-corrected chi connectivity index (χ0v) is 22.6. The van der Waals surface area contributed by atoms with Crippen LogP contribution in [0, 0.1) is 11.2 Å². The van der Waals surface area contributed by atoms with E-state index in [0.29, 0.717) is 55.1 Å². The lowest BCUT2D eigenvalue weighted by Crippen LogP contribution is -2.48. The van der Waals surface area contributed by atoms with Crippen LogP contribution in [-0.2, 0) is 9.63 Å². The van der Waals surface area contributed by atoms with Gasteiger partial charge in [-0.1, -0.05) is 17.7 Å². The largest absolute Gasteiger partial charge is 0.492 e. The van der Waals surface area contributed by atoms with Gasteiger partial charge in [0.05, 0.1) is 58.3 Å². The molecule has 3 N–H and O–H groups in total. The average Bonchev–Trinajstić information content (AvgIpc) is 2.86. The summed E-state index contributed by atoms with van der Waals surface area (Å²) in [5, 5.41) is 5.16. The first-order chi connectivity index (χ1) is 18.0. The number of benzene rings is 2. The van der Waals surface area contributed by atoms with Crippen LogP contribution >= 0.6 is 11.6 Å². The monoisotopic (exact) mass is 543 g/mol. The number of pyridine rings is 1. The molecule has 9 nitrogen and oxygen atoms in total. The molecule has 0 spiro atoms. The number of hydrogen-bond donors (Lipinski definition) is 2. The molecule has 202 valence electrons. The second-order valence-electron chi connectivity index (χ2n) is 9.95. The number of aromatic nitrogens is 1. The highest BCUT2D eigenvalue weighted by atomic mass is 35.5. The summed E-state index contributed by atoms with van der Waals surface area (Å²) in [4.78, 5) is 36.7.